The number of nitrogens with one attached hydrogen (secondary N) is 1. The van der Waals surface area contributed by atoms with Gasteiger partial charge < -0.3 is 5.11 Å². The molecule has 2 heterocycles. The van der Waals surface area contributed by atoms with Crippen molar-refractivity contribution in [2.75, 3.05) is 13.1 Å². The maximum Gasteiger partial charge on any atom is 0.353 e. The van der Waals surface area contributed by atoms with Gasteiger partial charge in [-0.3, -0.25) is 10.00 Å². The van der Waals surface area contributed by atoms with Gasteiger partial charge in [0.25, 0.3) is 0 Å². The maximum atomic E-state index is 10.8. The zero-order valence-electron chi connectivity index (χ0n) is 11.9. The van der Waals surface area contributed by atoms with Crippen LogP contribution in [0.25, 0.3) is 11.3 Å². The normalized spacial score (nSPS) is 16.0. The monoisotopic (exact) mass is 285 g/mol. The van der Waals surface area contributed by atoms with Crippen molar-refractivity contribution in [1.29, 1.82) is 0 Å². The minimum atomic E-state index is -0.990. The molecular formula is C16H19N3O2. The molecule has 1 aliphatic rings. The van der Waals surface area contributed by atoms with Crippen molar-refractivity contribution in [1.82, 2.24) is 15.1 Å². The molecule has 5 heteroatoms. The van der Waals surface area contributed by atoms with Gasteiger partial charge in [0.2, 0.25) is 0 Å². The Balaban J connectivity index is 1.69. The van der Waals surface area contributed by atoms with Gasteiger partial charge >= 0.3 is 5.97 Å². The number of carboxylic acids is 1. The summed E-state index contributed by atoms with van der Waals surface area (Å²) in [5.74, 6) is -0.990. The van der Waals surface area contributed by atoms with E-state index in [1.165, 1.54) is 37.9 Å². The number of hydrogen-bond donors (Lipinski definition) is 2. The molecule has 2 aromatic rings. The van der Waals surface area contributed by atoms with Gasteiger partial charge in [-0.05, 0) is 37.6 Å². The van der Waals surface area contributed by atoms with Crippen molar-refractivity contribution < 1.29 is 9.90 Å². The first-order valence-corrected chi connectivity index (χ1v) is 7.33. The Morgan fingerprint density at radius 1 is 1.19 bits per heavy atom. The lowest BCUT2D eigenvalue weighted by Crippen LogP contribution is -2.28. The minimum Gasteiger partial charge on any atom is -0.477 e. The van der Waals surface area contributed by atoms with Crippen molar-refractivity contribution in [3.63, 3.8) is 0 Å². The third kappa shape index (κ3) is 3.31. The standard InChI is InChI=1S/C16H19N3O2/c20-16(21)15-10-14(17-18-15)13-6-4-12(5-7-13)11-19-8-2-1-3-9-19/h4-7,10H,1-3,8-9,11H2,(H,17,18)(H,20,21). The van der Waals surface area contributed by atoms with Crippen molar-refractivity contribution in [3.8, 4) is 11.3 Å². The Morgan fingerprint density at radius 2 is 1.90 bits per heavy atom. The highest BCUT2D eigenvalue weighted by molar-refractivity contribution is 5.86. The number of aromatic amines is 1. The molecule has 1 aromatic heterocycles. The Bertz CT molecular complexity index is 613. The molecule has 0 aliphatic carbocycles. The van der Waals surface area contributed by atoms with Gasteiger partial charge in [-0.25, -0.2) is 4.79 Å². The zero-order valence-corrected chi connectivity index (χ0v) is 11.9. The van der Waals surface area contributed by atoms with E-state index in [4.69, 9.17) is 5.11 Å². The number of carbonyl (C=O) groups is 1. The van der Waals surface area contributed by atoms with E-state index in [9.17, 15) is 4.79 Å². The molecule has 21 heavy (non-hydrogen) atoms. The molecule has 110 valence electrons. The number of aromatic nitrogens is 2. The number of carboxylic acid groups (broad SMARTS) is 1. The van der Waals surface area contributed by atoms with Gasteiger partial charge in [0.1, 0.15) is 5.69 Å². The molecule has 0 amide bonds. The van der Waals surface area contributed by atoms with E-state index >= 15 is 0 Å². The van der Waals surface area contributed by atoms with Crippen LogP contribution in [0.3, 0.4) is 0 Å². The van der Waals surface area contributed by atoms with Crippen molar-refractivity contribution in [3.05, 3.63) is 41.6 Å². The average Bonchev–Trinajstić information content (AvgIpc) is 2.99. The van der Waals surface area contributed by atoms with Crippen LogP contribution in [0.4, 0.5) is 0 Å². The summed E-state index contributed by atoms with van der Waals surface area (Å²) in [7, 11) is 0. The van der Waals surface area contributed by atoms with Crippen LogP contribution in [0.1, 0.15) is 35.3 Å². The lowest BCUT2D eigenvalue weighted by molar-refractivity contribution is 0.0690. The predicted molar refractivity (Wildman–Crippen MR) is 80.1 cm³/mol. The Hall–Kier alpha value is -2.14. The number of nitrogens with zero attached hydrogens (tertiary/aromatic N) is 2. The van der Waals surface area contributed by atoms with Crippen molar-refractivity contribution in [2.45, 2.75) is 25.8 Å². The SMILES string of the molecule is O=C(O)c1cc(-c2ccc(CN3CCCCC3)cc2)n[nH]1. The second kappa shape index (κ2) is 6.10. The molecule has 1 aliphatic heterocycles. The van der Waals surface area contributed by atoms with Gasteiger partial charge in [-0.1, -0.05) is 30.7 Å². The van der Waals surface area contributed by atoms with E-state index in [0.29, 0.717) is 5.69 Å². The summed E-state index contributed by atoms with van der Waals surface area (Å²) in [6.45, 7) is 3.35. The Morgan fingerprint density at radius 3 is 2.52 bits per heavy atom. The van der Waals surface area contributed by atoms with E-state index in [1.54, 1.807) is 6.07 Å². The molecule has 0 spiro atoms. The van der Waals surface area contributed by atoms with Crippen LogP contribution in [0.2, 0.25) is 0 Å². The second-order valence-electron chi connectivity index (χ2n) is 5.51. The van der Waals surface area contributed by atoms with Crippen LogP contribution >= 0.6 is 0 Å². The topological polar surface area (TPSA) is 69.2 Å². The van der Waals surface area contributed by atoms with Crippen LogP contribution in [-0.2, 0) is 6.54 Å². The first-order valence-electron chi connectivity index (χ1n) is 7.33. The molecule has 0 unspecified atom stereocenters. The molecule has 3 rings (SSSR count). The fourth-order valence-electron chi connectivity index (χ4n) is 2.74. The van der Waals surface area contributed by atoms with Crippen molar-refractivity contribution >= 4 is 5.97 Å². The summed E-state index contributed by atoms with van der Waals surface area (Å²) in [4.78, 5) is 13.3. The first kappa shape index (κ1) is 13.8. The summed E-state index contributed by atoms with van der Waals surface area (Å²) >= 11 is 0. The number of benzene rings is 1. The van der Waals surface area contributed by atoms with Gasteiger partial charge in [0.05, 0.1) is 5.69 Å². The lowest BCUT2D eigenvalue weighted by atomic mass is 10.1. The Kier molecular flexibility index (Phi) is 4.01. The molecule has 5 nitrogen and oxygen atoms in total. The predicted octanol–water partition coefficient (Wildman–Crippen LogP) is 2.76. The summed E-state index contributed by atoms with van der Waals surface area (Å²) in [6, 6.07) is 9.75. The highest BCUT2D eigenvalue weighted by Crippen LogP contribution is 2.20. The number of aromatic carboxylic acids is 1. The maximum absolute atomic E-state index is 10.8. The van der Waals surface area contributed by atoms with E-state index in [2.05, 4.69) is 27.2 Å². The molecule has 2 N–H and O–H groups in total. The van der Waals surface area contributed by atoms with Gasteiger partial charge in [-0.2, -0.15) is 5.10 Å². The number of H-pyrrole nitrogens is 1. The second-order valence-corrected chi connectivity index (χ2v) is 5.51. The molecular weight excluding hydrogens is 266 g/mol. The van der Waals surface area contributed by atoms with Crippen molar-refractivity contribution in [2.24, 2.45) is 0 Å². The first-order chi connectivity index (χ1) is 10.2. The van der Waals surface area contributed by atoms with Gasteiger partial charge in [0, 0.05) is 12.1 Å². The molecule has 1 aromatic carbocycles. The zero-order chi connectivity index (χ0) is 14.7. The number of piperidine rings is 1. The third-order valence-electron chi connectivity index (χ3n) is 3.91. The summed E-state index contributed by atoms with van der Waals surface area (Å²) < 4.78 is 0. The fraction of sp³-hybridized carbons (Fsp3) is 0.375. The highest BCUT2D eigenvalue weighted by atomic mass is 16.4. The van der Waals surface area contributed by atoms with Crippen LogP contribution in [0.5, 0.6) is 0 Å². The summed E-state index contributed by atoms with van der Waals surface area (Å²) in [5.41, 5.74) is 3.00. The van der Waals surface area contributed by atoms with Crippen LogP contribution in [-0.4, -0.2) is 39.3 Å². The summed E-state index contributed by atoms with van der Waals surface area (Å²) in [5, 5.41) is 15.5. The molecule has 0 radical (unpaired) electrons. The minimum absolute atomic E-state index is 0.113. The van der Waals surface area contributed by atoms with Gasteiger partial charge in [-0.15, -0.1) is 0 Å². The van der Waals surface area contributed by atoms with E-state index in [0.717, 1.165) is 12.1 Å². The van der Waals surface area contributed by atoms with E-state index in [-0.39, 0.29) is 5.69 Å². The quantitative estimate of drug-likeness (QED) is 0.906. The fourth-order valence-corrected chi connectivity index (χ4v) is 2.74. The van der Waals surface area contributed by atoms with E-state index < -0.39 is 5.97 Å². The molecule has 1 saturated heterocycles. The third-order valence-corrected chi connectivity index (χ3v) is 3.91. The molecule has 1 fully saturated rings. The molecule has 0 atom stereocenters. The molecule has 0 saturated carbocycles. The smallest absolute Gasteiger partial charge is 0.353 e. The van der Waals surface area contributed by atoms with E-state index in [1.807, 2.05) is 12.1 Å². The Labute approximate surface area is 123 Å². The van der Waals surface area contributed by atoms with Crippen LogP contribution < -0.4 is 0 Å². The average molecular weight is 285 g/mol. The number of hydrogen-bond acceptors (Lipinski definition) is 3. The lowest BCUT2D eigenvalue weighted by Gasteiger charge is -2.26. The number of rotatable bonds is 4. The summed E-state index contributed by atoms with van der Waals surface area (Å²) in [6.07, 6.45) is 3.94. The largest absolute Gasteiger partial charge is 0.477 e. The molecule has 0 bridgehead atoms. The van der Waals surface area contributed by atoms with Crippen LogP contribution in [0.15, 0.2) is 30.3 Å². The number of likely N-dealkylation sites (tertiary alicyclic amines) is 1. The highest BCUT2D eigenvalue weighted by Gasteiger charge is 2.11. The van der Waals surface area contributed by atoms with Gasteiger partial charge in [0.15, 0.2) is 0 Å². The van der Waals surface area contributed by atoms with Crippen LogP contribution in [0, 0.1) is 0 Å².